The second-order valence-electron chi connectivity index (χ2n) is 5.15. The van der Waals surface area contributed by atoms with Crippen LogP contribution < -0.4 is 5.32 Å². The van der Waals surface area contributed by atoms with E-state index in [1.165, 1.54) is 50.0 Å². The maximum Gasteiger partial charge on any atom is 0.0409 e. The summed E-state index contributed by atoms with van der Waals surface area (Å²) in [7, 11) is 0. The van der Waals surface area contributed by atoms with Gasteiger partial charge < -0.3 is 10.2 Å². The summed E-state index contributed by atoms with van der Waals surface area (Å²) in [4.78, 5) is 2.56. The zero-order chi connectivity index (χ0) is 12.8. The molecule has 1 fully saturated rings. The number of nitrogens with one attached hydrogen (secondary N) is 1. The lowest BCUT2D eigenvalue weighted by atomic mass is 10.1. The second-order valence-corrected chi connectivity index (χ2v) is 5.59. The Balaban J connectivity index is 1.64. The summed E-state index contributed by atoms with van der Waals surface area (Å²) in [5.41, 5.74) is 2.62. The number of nitrogens with zero attached hydrogens (tertiary/aromatic N) is 1. The Morgan fingerprint density at radius 3 is 2.83 bits per heavy atom. The van der Waals surface area contributed by atoms with Crippen LogP contribution in [0.1, 0.15) is 30.4 Å². The Bertz CT molecular complexity index is 373. The molecule has 18 heavy (non-hydrogen) atoms. The molecule has 2 rings (SSSR count). The number of hydrogen-bond acceptors (Lipinski definition) is 2. The number of rotatable bonds is 6. The smallest absolute Gasteiger partial charge is 0.0409 e. The molecule has 1 aliphatic rings. The molecule has 100 valence electrons. The minimum Gasteiger partial charge on any atom is -0.313 e. The van der Waals surface area contributed by atoms with Crippen LogP contribution in [0.2, 0.25) is 5.02 Å². The van der Waals surface area contributed by atoms with Gasteiger partial charge in [-0.15, -0.1) is 0 Å². The number of hydrogen-bond donors (Lipinski definition) is 1. The van der Waals surface area contributed by atoms with Crippen LogP contribution >= 0.6 is 11.6 Å². The van der Waals surface area contributed by atoms with Gasteiger partial charge >= 0.3 is 0 Å². The van der Waals surface area contributed by atoms with Crippen LogP contribution in [0.25, 0.3) is 0 Å². The molecule has 1 saturated heterocycles. The SMILES string of the molecule is Cc1ccc(Cl)cc1CNCCCN1CCCC1. The summed E-state index contributed by atoms with van der Waals surface area (Å²) in [6.07, 6.45) is 4.00. The van der Waals surface area contributed by atoms with Gasteiger partial charge in [-0.1, -0.05) is 17.7 Å². The van der Waals surface area contributed by atoms with Gasteiger partial charge in [0.25, 0.3) is 0 Å². The van der Waals surface area contributed by atoms with Crippen LogP contribution in [0.4, 0.5) is 0 Å². The molecule has 3 heteroatoms. The van der Waals surface area contributed by atoms with Crippen molar-refractivity contribution in [2.75, 3.05) is 26.2 Å². The van der Waals surface area contributed by atoms with Crippen LogP contribution in [0, 0.1) is 6.92 Å². The Kier molecular flexibility index (Phi) is 5.48. The molecule has 0 atom stereocenters. The lowest BCUT2D eigenvalue weighted by molar-refractivity contribution is 0.331. The Morgan fingerprint density at radius 1 is 1.28 bits per heavy atom. The largest absolute Gasteiger partial charge is 0.313 e. The zero-order valence-electron chi connectivity index (χ0n) is 11.2. The van der Waals surface area contributed by atoms with Crippen molar-refractivity contribution < 1.29 is 0 Å². The summed E-state index contributed by atoms with van der Waals surface area (Å²) >= 11 is 6.01. The first-order chi connectivity index (χ1) is 8.75. The Hall–Kier alpha value is -0.570. The molecule has 1 aromatic rings. The molecular formula is C15H23ClN2. The highest BCUT2D eigenvalue weighted by Gasteiger charge is 2.09. The summed E-state index contributed by atoms with van der Waals surface area (Å²) in [5, 5.41) is 4.34. The minimum atomic E-state index is 0.828. The van der Waals surface area contributed by atoms with Crippen molar-refractivity contribution in [3.05, 3.63) is 34.3 Å². The van der Waals surface area contributed by atoms with E-state index in [4.69, 9.17) is 11.6 Å². The van der Waals surface area contributed by atoms with Gasteiger partial charge in [-0.05, 0) is 75.6 Å². The van der Waals surface area contributed by atoms with Crippen LogP contribution in [-0.4, -0.2) is 31.1 Å². The van der Waals surface area contributed by atoms with Crippen molar-refractivity contribution in [3.63, 3.8) is 0 Å². The fraction of sp³-hybridized carbons (Fsp3) is 0.600. The molecule has 1 heterocycles. The lowest BCUT2D eigenvalue weighted by Gasteiger charge is -2.14. The molecule has 1 aliphatic heterocycles. The molecule has 2 nitrogen and oxygen atoms in total. The summed E-state index contributed by atoms with van der Waals surface area (Å²) in [5.74, 6) is 0. The van der Waals surface area contributed by atoms with Crippen molar-refractivity contribution in [3.8, 4) is 0 Å². The first-order valence-electron chi connectivity index (χ1n) is 6.94. The van der Waals surface area contributed by atoms with Crippen molar-refractivity contribution in [1.82, 2.24) is 10.2 Å². The molecule has 1 N–H and O–H groups in total. The normalized spacial score (nSPS) is 16.3. The molecule has 0 aromatic heterocycles. The van der Waals surface area contributed by atoms with Crippen molar-refractivity contribution in [1.29, 1.82) is 0 Å². The van der Waals surface area contributed by atoms with Gasteiger partial charge in [-0.25, -0.2) is 0 Å². The van der Waals surface area contributed by atoms with E-state index in [1.807, 2.05) is 6.07 Å². The number of likely N-dealkylation sites (tertiary alicyclic amines) is 1. The molecular weight excluding hydrogens is 244 g/mol. The van der Waals surface area contributed by atoms with Crippen molar-refractivity contribution in [2.24, 2.45) is 0 Å². The average Bonchev–Trinajstić information content (AvgIpc) is 2.86. The van der Waals surface area contributed by atoms with E-state index in [-0.39, 0.29) is 0 Å². The van der Waals surface area contributed by atoms with Crippen LogP contribution in [0.3, 0.4) is 0 Å². The predicted molar refractivity (Wildman–Crippen MR) is 78.2 cm³/mol. The minimum absolute atomic E-state index is 0.828. The van der Waals surface area contributed by atoms with Crippen LogP contribution in [0.15, 0.2) is 18.2 Å². The molecule has 0 aliphatic carbocycles. The lowest BCUT2D eigenvalue weighted by Crippen LogP contribution is -2.24. The Labute approximate surface area is 115 Å². The number of aryl methyl sites for hydroxylation is 1. The molecule has 0 bridgehead atoms. The maximum atomic E-state index is 6.01. The fourth-order valence-corrected chi connectivity index (χ4v) is 2.68. The second kappa shape index (κ2) is 7.13. The van der Waals surface area contributed by atoms with E-state index in [0.29, 0.717) is 0 Å². The average molecular weight is 267 g/mol. The quantitative estimate of drug-likeness (QED) is 0.796. The molecule has 0 amide bonds. The van der Waals surface area contributed by atoms with Crippen molar-refractivity contribution >= 4 is 11.6 Å². The van der Waals surface area contributed by atoms with E-state index in [0.717, 1.165) is 18.1 Å². The predicted octanol–water partition coefficient (Wildman–Crippen LogP) is 3.22. The summed E-state index contributed by atoms with van der Waals surface area (Å²) < 4.78 is 0. The molecule has 1 aromatic carbocycles. The van der Waals surface area contributed by atoms with Gasteiger partial charge in [0, 0.05) is 11.6 Å². The van der Waals surface area contributed by atoms with Gasteiger partial charge in [-0.3, -0.25) is 0 Å². The first kappa shape index (κ1) is 13.9. The first-order valence-corrected chi connectivity index (χ1v) is 7.31. The van der Waals surface area contributed by atoms with E-state index in [2.05, 4.69) is 29.3 Å². The summed E-state index contributed by atoms with van der Waals surface area (Å²) in [6, 6.07) is 6.10. The van der Waals surface area contributed by atoms with E-state index in [1.54, 1.807) is 0 Å². The standard InChI is InChI=1S/C15H23ClN2/c1-13-5-6-15(16)11-14(13)12-17-7-4-10-18-8-2-3-9-18/h5-6,11,17H,2-4,7-10,12H2,1H3. The highest BCUT2D eigenvalue weighted by atomic mass is 35.5. The van der Waals surface area contributed by atoms with Gasteiger partial charge in [0.2, 0.25) is 0 Å². The van der Waals surface area contributed by atoms with Gasteiger partial charge in [0.15, 0.2) is 0 Å². The molecule has 0 saturated carbocycles. The third-order valence-corrected chi connectivity index (χ3v) is 3.89. The number of benzene rings is 1. The van der Waals surface area contributed by atoms with Gasteiger partial charge in [0.05, 0.1) is 0 Å². The summed E-state index contributed by atoms with van der Waals surface area (Å²) in [6.45, 7) is 7.98. The highest BCUT2D eigenvalue weighted by molar-refractivity contribution is 6.30. The number of halogens is 1. The van der Waals surface area contributed by atoms with E-state index >= 15 is 0 Å². The highest BCUT2D eigenvalue weighted by Crippen LogP contribution is 2.15. The van der Waals surface area contributed by atoms with Crippen LogP contribution in [-0.2, 0) is 6.54 Å². The van der Waals surface area contributed by atoms with Gasteiger partial charge in [0.1, 0.15) is 0 Å². The Morgan fingerprint density at radius 2 is 2.06 bits per heavy atom. The van der Waals surface area contributed by atoms with Crippen LogP contribution in [0.5, 0.6) is 0 Å². The fourth-order valence-electron chi connectivity index (χ4n) is 2.49. The monoisotopic (exact) mass is 266 g/mol. The zero-order valence-corrected chi connectivity index (χ0v) is 12.0. The molecule has 0 radical (unpaired) electrons. The van der Waals surface area contributed by atoms with Gasteiger partial charge in [-0.2, -0.15) is 0 Å². The van der Waals surface area contributed by atoms with E-state index in [9.17, 15) is 0 Å². The van der Waals surface area contributed by atoms with E-state index < -0.39 is 0 Å². The third kappa shape index (κ3) is 4.27. The third-order valence-electron chi connectivity index (χ3n) is 3.65. The van der Waals surface area contributed by atoms with Crippen molar-refractivity contribution in [2.45, 2.75) is 32.7 Å². The topological polar surface area (TPSA) is 15.3 Å². The maximum absolute atomic E-state index is 6.01. The molecule has 0 unspecified atom stereocenters. The molecule has 0 spiro atoms.